The van der Waals surface area contributed by atoms with Crippen LogP contribution in [-0.4, -0.2) is 28.0 Å². The molecule has 0 bridgehead atoms. The van der Waals surface area contributed by atoms with Crippen molar-refractivity contribution in [2.45, 2.75) is 20.8 Å². The topological polar surface area (TPSA) is 73.2 Å². The number of carbonyl (C=O) groups excluding carboxylic acids is 2. The van der Waals surface area contributed by atoms with Crippen LogP contribution in [0.5, 0.6) is 0 Å². The van der Waals surface area contributed by atoms with E-state index in [1.165, 1.54) is 0 Å². The van der Waals surface area contributed by atoms with Gasteiger partial charge in [0.25, 0.3) is 5.91 Å². The van der Waals surface area contributed by atoms with Gasteiger partial charge in [-0.15, -0.1) is 0 Å². The molecule has 35 heavy (non-hydrogen) atoms. The van der Waals surface area contributed by atoms with Crippen LogP contribution < -0.4 is 5.32 Å². The second kappa shape index (κ2) is 9.06. The van der Waals surface area contributed by atoms with E-state index < -0.39 is 5.97 Å². The molecular formula is C29H25N3O3. The lowest BCUT2D eigenvalue weighted by molar-refractivity contribution is 0.0526. The Kier molecular flexibility index (Phi) is 5.79. The third kappa shape index (κ3) is 4.15. The Balaban J connectivity index is 1.63. The molecule has 0 atom stereocenters. The number of imidazole rings is 1. The van der Waals surface area contributed by atoms with Crippen LogP contribution in [-0.2, 0) is 4.74 Å². The molecule has 0 aliphatic carbocycles. The Bertz CT molecular complexity index is 1590. The molecule has 0 unspecified atom stereocenters. The Labute approximate surface area is 203 Å². The molecule has 5 rings (SSSR count). The molecule has 1 amide bonds. The summed E-state index contributed by atoms with van der Waals surface area (Å²) in [6.07, 6.45) is 1.73. The predicted octanol–water partition coefficient (Wildman–Crippen LogP) is 6.22. The molecule has 4 aromatic carbocycles. The molecule has 0 radical (unpaired) electrons. The number of fused-ring (bicyclic) bond motifs is 2. The van der Waals surface area contributed by atoms with Crippen molar-refractivity contribution in [1.29, 1.82) is 0 Å². The van der Waals surface area contributed by atoms with Crippen LogP contribution in [0.1, 0.15) is 38.8 Å². The minimum absolute atomic E-state index is 0.263. The van der Waals surface area contributed by atoms with Crippen LogP contribution >= 0.6 is 0 Å². The summed E-state index contributed by atoms with van der Waals surface area (Å²) in [4.78, 5) is 30.5. The van der Waals surface area contributed by atoms with Gasteiger partial charge in [-0.1, -0.05) is 36.4 Å². The first kappa shape index (κ1) is 22.3. The quantitative estimate of drug-likeness (QED) is 0.314. The van der Waals surface area contributed by atoms with E-state index in [4.69, 9.17) is 4.74 Å². The van der Waals surface area contributed by atoms with Crippen molar-refractivity contribution in [3.05, 3.63) is 101 Å². The Morgan fingerprint density at radius 1 is 0.943 bits per heavy atom. The van der Waals surface area contributed by atoms with E-state index >= 15 is 0 Å². The number of amides is 1. The first-order valence-corrected chi connectivity index (χ1v) is 11.5. The summed E-state index contributed by atoms with van der Waals surface area (Å²) in [7, 11) is 0. The minimum atomic E-state index is -0.443. The van der Waals surface area contributed by atoms with Crippen molar-refractivity contribution in [3.8, 4) is 5.69 Å². The number of benzene rings is 4. The number of rotatable bonds is 5. The van der Waals surface area contributed by atoms with E-state index in [9.17, 15) is 9.59 Å². The van der Waals surface area contributed by atoms with Crippen LogP contribution in [0.15, 0.2) is 79.1 Å². The summed E-state index contributed by atoms with van der Waals surface area (Å²) >= 11 is 0. The molecule has 174 valence electrons. The van der Waals surface area contributed by atoms with Gasteiger partial charge in [-0.05, 0) is 79.1 Å². The Morgan fingerprint density at radius 2 is 1.71 bits per heavy atom. The molecule has 0 aliphatic heterocycles. The zero-order valence-electron chi connectivity index (χ0n) is 19.8. The average molecular weight is 464 g/mol. The monoisotopic (exact) mass is 463 g/mol. The molecule has 5 aromatic rings. The van der Waals surface area contributed by atoms with Gasteiger partial charge in [0.1, 0.15) is 6.33 Å². The maximum Gasteiger partial charge on any atom is 0.338 e. The number of carbonyl (C=O) groups is 2. The van der Waals surface area contributed by atoms with Crippen LogP contribution in [0.2, 0.25) is 0 Å². The van der Waals surface area contributed by atoms with Gasteiger partial charge in [0.05, 0.1) is 34.6 Å². The van der Waals surface area contributed by atoms with E-state index in [2.05, 4.69) is 30.2 Å². The minimum Gasteiger partial charge on any atom is -0.462 e. The lowest BCUT2D eigenvalue weighted by Gasteiger charge is -2.15. The summed E-state index contributed by atoms with van der Waals surface area (Å²) in [5.74, 6) is -0.706. The van der Waals surface area contributed by atoms with Crippen LogP contribution in [0.4, 0.5) is 5.69 Å². The molecule has 6 heteroatoms. The summed E-state index contributed by atoms with van der Waals surface area (Å²) < 4.78 is 7.12. The molecular weight excluding hydrogens is 438 g/mol. The maximum atomic E-state index is 13.5. The average Bonchev–Trinajstić information content (AvgIpc) is 3.26. The fourth-order valence-corrected chi connectivity index (χ4v) is 4.26. The van der Waals surface area contributed by atoms with Gasteiger partial charge in [-0.3, -0.25) is 9.36 Å². The Hall–Kier alpha value is -4.45. The standard InChI is InChI=1S/C29H25N3O3/c1-4-35-29(34)21-12-13-26(32-17-30-24-14-18(2)19(3)15-27(24)32)25(16-21)31-28(33)23-11-7-9-20-8-5-6-10-22(20)23/h5-17H,4H2,1-3H3,(H,31,33). The predicted molar refractivity (Wildman–Crippen MR) is 138 cm³/mol. The second-order valence-corrected chi connectivity index (χ2v) is 8.47. The van der Waals surface area contributed by atoms with Crippen molar-refractivity contribution in [3.63, 3.8) is 0 Å². The molecule has 0 aliphatic rings. The number of hydrogen-bond acceptors (Lipinski definition) is 4. The Morgan fingerprint density at radius 3 is 2.54 bits per heavy atom. The number of aryl methyl sites for hydroxylation is 2. The third-order valence-electron chi connectivity index (χ3n) is 6.21. The van der Waals surface area contributed by atoms with Gasteiger partial charge >= 0.3 is 5.97 Å². The summed E-state index contributed by atoms with van der Waals surface area (Å²) in [6, 6.07) is 22.7. The van der Waals surface area contributed by atoms with E-state index in [1.807, 2.05) is 47.0 Å². The van der Waals surface area contributed by atoms with Gasteiger partial charge in [-0.2, -0.15) is 0 Å². The maximum absolute atomic E-state index is 13.5. The summed E-state index contributed by atoms with van der Waals surface area (Å²) in [5.41, 5.74) is 6.18. The molecule has 1 heterocycles. The lowest BCUT2D eigenvalue weighted by atomic mass is 10.0. The van der Waals surface area contributed by atoms with Gasteiger partial charge < -0.3 is 10.1 Å². The van der Waals surface area contributed by atoms with E-state index in [1.54, 1.807) is 37.5 Å². The highest BCUT2D eigenvalue weighted by Crippen LogP contribution is 2.29. The molecule has 0 fully saturated rings. The molecule has 6 nitrogen and oxygen atoms in total. The highest BCUT2D eigenvalue weighted by Gasteiger charge is 2.18. The zero-order valence-corrected chi connectivity index (χ0v) is 19.8. The molecule has 1 aromatic heterocycles. The fraction of sp³-hybridized carbons (Fsp3) is 0.138. The summed E-state index contributed by atoms with van der Waals surface area (Å²) in [6.45, 7) is 6.14. The largest absolute Gasteiger partial charge is 0.462 e. The number of nitrogens with one attached hydrogen (secondary N) is 1. The van der Waals surface area contributed by atoms with E-state index in [0.717, 1.165) is 32.9 Å². The van der Waals surface area contributed by atoms with Gasteiger partial charge in [0.2, 0.25) is 0 Å². The van der Waals surface area contributed by atoms with Crippen molar-refractivity contribution < 1.29 is 14.3 Å². The molecule has 0 saturated heterocycles. The van der Waals surface area contributed by atoms with E-state index in [-0.39, 0.29) is 12.5 Å². The van der Waals surface area contributed by atoms with Gasteiger partial charge in [0.15, 0.2) is 0 Å². The van der Waals surface area contributed by atoms with Crippen molar-refractivity contribution in [2.75, 3.05) is 11.9 Å². The SMILES string of the molecule is CCOC(=O)c1ccc(-n2cnc3cc(C)c(C)cc32)c(NC(=O)c2cccc3ccccc23)c1. The van der Waals surface area contributed by atoms with Crippen molar-refractivity contribution in [2.24, 2.45) is 0 Å². The van der Waals surface area contributed by atoms with Crippen LogP contribution in [0, 0.1) is 13.8 Å². The highest BCUT2D eigenvalue weighted by molar-refractivity contribution is 6.13. The lowest BCUT2D eigenvalue weighted by Crippen LogP contribution is -2.15. The number of ether oxygens (including phenoxy) is 1. The van der Waals surface area contributed by atoms with Crippen molar-refractivity contribution in [1.82, 2.24) is 9.55 Å². The van der Waals surface area contributed by atoms with E-state index in [0.29, 0.717) is 22.5 Å². The third-order valence-corrected chi connectivity index (χ3v) is 6.21. The molecule has 1 N–H and O–H groups in total. The molecule has 0 spiro atoms. The van der Waals surface area contributed by atoms with Gasteiger partial charge in [-0.25, -0.2) is 9.78 Å². The second-order valence-electron chi connectivity index (χ2n) is 8.47. The summed E-state index contributed by atoms with van der Waals surface area (Å²) in [5, 5.41) is 4.88. The zero-order chi connectivity index (χ0) is 24.5. The van der Waals surface area contributed by atoms with Crippen LogP contribution in [0.25, 0.3) is 27.5 Å². The number of nitrogens with zero attached hydrogens (tertiary/aromatic N) is 2. The number of anilines is 1. The number of aromatic nitrogens is 2. The fourth-order valence-electron chi connectivity index (χ4n) is 4.26. The van der Waals surface area contributed by atoms with Gasteiger partial charge in [0, 0.05) is 5.56 Å². The highest BCUT2D eigenvalue weighted by atomic mass is 16.5. The number of esters is 1. The normalized spacial score (nSPS) is 11.1. The first-order valence-electron chi connectivity index (χ1n) is 11.5. The first-order chi connectivity index (χ1) is 17.0. The van der Waals surface area contributed by atoms with Crippen molar-refractivity contribution >= 4 is 39.4 Å². The van der Waals surface area contributed by atoms with Crippen LogP contribution in [0.3, 0.4) is 0 Å². The molecule has 0 saturated carbocycles. The number of hydrogen-bond donors (Lipinski definition) is 1. The smallest absolute Gasteiger partial charge is 0.338 e.